The smallest absolute Gasteiger partial charge is 0.166 e. The molecule has 0 radical (unpaired) electrons. The Morgan fingerprint density at radius 2 is 1.94 bits per heavy atom. The molecule has 1 saturated heterocycles. The normalized spacial score (nSPS) is 18.2. The average molecular weight is 472 g/mol. The van der Waals surface area contributed by atoms with Crippen LogP contribution in [-0.2, 0) is 6.61 Å². The first-order valence-electron chi connectivity index (χ1n) is 12.4. The Morgan fingerprint density at radius 1 is 1.14 bits per heavy atom. The number of piperidine rings is 1. The maximum Gasteiger partial charge on any atom is 0.166 e. The summed E-state index contributed by atoms with van der Waals surface area (Å²) >= 11 is 0. The molecule has 1 saturated carbocycles. The monoisotopic (exact) mass is 471 g/mol. The highest BCUT2D eigenvalue weighted by Gasteiger charge is 2.28. The molecule has 1 aliphatic carbocycles. The third kappa shape index (κ3) is 5.67. The molecule has 0 bridgehead atoms. The summed E-state index contributed by atoms with van der Waals surface area (Å²) < 4.78 is 8.13. The molecule has 2 fully saturated rings. The van der Waals surface area contributed by atoms with Crippen LogP contribution in [0.4, 0.5) is 5.82 Å². The van der Waals surface area contributed by atoms with E-state index in [0.29, 0.717) is 24.2 Å². The van der Waals surface area contributed by atoms with Gasteiger partial charge in [-0.05, 0) is 82.4 Å². The van der Waals surface area contributed by atoms with Gasteiger partial charge >= 0.3 is 0 Å². The summed E-state index contributed by atoms with van der Waals surface area (Å²) in [5.41, 5.74) is 9.06. The topological polar surface area (TPSA) is 89.4 Å². The van der Waals surface area contributed by atoms with Gasteiger partial charge in [0.25, 0.3) is 0 Å². The lowest BCUT2D eigenvalue weighted by Gasteiger charge is -2.28. The summed E-state index contributed by atoms with van der Waals surface area (Å²) in [5.74, 6) is 7.10. The Kier molecular flexibility index (Phi) is 6.76. The zero-order valence-corrected chi connectivity index (χ0v) is 20.3. The lowest BCUT2D eigenvalue weighted by molar-refractivity contribution is 0.110. The molecule has 1 aromatic carbocycles. The van der Waals surface area contributed by atoms with E-state index in [4.69, 9.17) is 10.5 Å². The van der Waals surface area contributed by atoms with Crippen LogP contribution in [0.3, 0.4) is 0 Å². The van der Waals surface area contributed by atoms with E-state index in [1.807, 2.05) is 36.5 Å². The average Bonchev–Trinajstić information content (AvgIpc) is 3.53. The molecule has 3 heterocycles. The summed E-state index contributed by atoms with van der Waals surface area (Å²) in [4.78, 5) is 6.71. The van der Waals surface area contributed by atoms with Gasteiger partial charge in [0.05, 0.1) is 12.2 Å². The number of aliphatic hydroxyl groups is 1. The van der Waals surface area contributed by atoms with Crippen molar-refractivity contribution >= 4 is 5.82 Å². The molecule has 0 unspecified atom stereocenters. The molecular weight excluding hydrogens is 438 g/mol. The number of ether oxygens (including phenoxy) is 1. The van der Waals surface area contributed by atoms with E-state index >= 15 is 0 Å². The molecule has 7 nitrogen and oxygen atoms in total. The number of hydrogen-bond donors (Lipinski definition) is 2. The van der Waals surface area contributed by atoms with Crippen LogP contribution in [0.1, 0.15) is 55.7 Å². The zero-order chi connectivity index (χ0) is 24.3. The van der Waals surface area contributed by atoms with E-state index in [1.165, 1.54) is 0 Å². The molecule has 1 aliphatic heterocycles. The zero-order valence-electron chi connectivity index (χ0n) is 20.3. The third-order valence-electron chi connectivity index (χ3n) is 7.07. The summed E-state index contributed by atoms with van der Waals surface area (Å²) in [6, 6.07) is 10.3. The number of aromatic nitrogens is 3. The quantitative estimate of drug-likeness (QED) is 0.546. The Bertz CT molecular complexity index is 1230. The molecule has 182 valence electrons. The standard InChI is InChI=1S/C28H33N5O2/c1-32-13-8-25(9-14-32)33-19-24(18-31-33)23-16-26(27(29)30-17-23)35-20-22-6-4-5-21(15-22)7-12-28(34)10-2-3-11-28/h4-6,15-19,25,34H,2-3,8-11,13-14,20H2,1H3,(H2,29,30). The largest absolute Gasteiger partial charge is 0.485 e. The van der Waals surface area contributed by atoms with Gasteiger partial charge in [0, 0.05) is 29.1 Å². The number of nitrogens with two attached hydrogens (primary N) is 1. The van der Waals surface area contributed by atoms with Crippen molar-refractivity contribution in [3.63, 3.8) is 0 Å². The van der Waals surface area contributed by atoms with Crippen molar-refractivity contribution in [3.8, 4) is 28.7 Å². The molecule has 0 atom stereocenters. The van der Waals surface area contributed by atoms with Gasteiger partial charge in [0.15, 0.2) is 11.6 Å². The fraction of sp³-hybridized carbons (Fsp3) is 0.429. The van der Waals surface area contributed by atoms with Gasteiger partial charge in [0.1, 0.15) is 12.2 Å². The highest BCUT2D eigenvalue weighted by molar-refractivity contribution is 5.65. The third-order valence-corrected chi connectivity index (χ3v) is 7.07. The molecule has 0 spiro atoms. The summed E-state index contributed by atoms with van der Waals surface area (Å²) in [6.07, 6.45) is 11.5. The van der Waals surface area contributed by atoms with Crippen LogP contribution in [-0.4, -0.2) is 50.5 Å². The number of benzene rings is 1. The van der Waals surface area contributed by atoms with E-state index in [2.05, 4.69) is 44.7 Å². The van der Waals surface area contributed by atoms with Gasteiger partial charge in [-0.1, -0.05) is 24.0 Å². The number of likely N-dealkylation sites (tertiary alicyclic amines) is 1. The van der Waals surface area contributed by atoms with Gasteiger partial charge in [-0.3, -0.25) is 4.68 Å². The van der Waals surface area contributed by atoms with Crippen molar-refractivity contribution < 1.29 is 9.84 Å². The highest BCUT2D eigenvalue weighted by Crippen LogP contribution is 2.30. The Morgan fingerprint density at radius 3 is 2.74 bits per heavy atom. The first-order valence-corrected chi connectivity index (χ1v) is 12.4. The second kappa shape index (κ2) is 10.1. The molecule has 0 amide bonds. The van der Waals surface area contributed by atoms with Crippen LogP contribution in [0.25, 0.3) is 11.1 Å². The number of anilines is 1. The summed E-state index contributed by atoms with van der Waals surface area (Å²) in [6.45, 7) is 2.54. The Labute approximate surface area is 206 Å². The second-order valence-corrected chi connectivity index (χ2v) is 9.83. The molecule has 2 aromatic heterocycles. The van der Waals surface area contributed by atoms with E-state index in [1.54, 1.807) is 6.20 Å². The maximum absolute atomic E-state index is 10.5. The maximum atomic E-state index is 10.5. The Balaban J connectivity index is 1.26. The minimum Gasteiger partial charge on any atom is -0.485 e. The minimum atomic E-state index is -0.839. The van der Waals surface area contributed by atoms with Crippen LogP contribution in [0.15, 0.2) is 48.9 Å². The van der Waals surface area contributed by atoms with Gasteiger partial charge in [-0.25, -0.2) is 4.98 Å². The van der Waals surface area contributed by atoms with Gasteiger partial charge in [-0.15, -0.1) is 0 Å². The first kappa shape index (κ1) is 23.4. The summed E-state index contributed by atoms with van der Waals surface area (Å²) in [5, 5.41) is 15.1. The molecule has 35 heavy (non-hydrogen) atoms. The minimum absolute atomic E-state index is 0.351. The van der Waals surface area contributed by atoms with E-state index in [9.17, 15) is 5.11 Å². The van der Waals surface area contributed by atoms with Crippen molar-refractivity contribution in [2.75, 3.05) is 25.9 Å². The van der Waals surface area contributed by atoms with Crippen molar-refractivity contribution in [2.45, 2.75) is 56.8 Å². The molecule has 2 aliphatic rings. The van der Waals surface area contributed by atoms with Crippen LogP contribution < -0.4 is 10.5 Å². The molecule has 3 aromatic rings. The van der Waals surface area contributed by atoms with E-state index < -0.39 is 5.60 Å². The lowest BCUT2D eigenvalue weighted by atomic mass is 10.0. The highest BCUT2D eigenvalue weighted by atomic mass is 16.5. The number of nitrogens with zero attached hydrogens (tertiary/aromatic N) is 4. The molecular formula is C28H33N5O2. The second-order valence-electron chi connectivity index (χ2n) is 9.83. The van der Waals surface area contributed by atoms with Crippen molar-refractivity contribution in [1.82, 2.24) is 19.7 Å². The number of pyridine rings is 1. The number of rotatable bonds is 5. The van der Waals surface area contributed by atoms with E-state index in [-0.39, 0.29) is 0 Å². The SMILES string of the molecule is CN1CCC(n2cc(-c3cnc(N)c(OCc4cccc(C#CC5(O)CCCC5)c4)c3)cn2)CC1. The molecule has 5 rings (SSSR count). The Hall–Kier alpha value is -3.34. The first-order chi connectivity index (χ1) is 17.0. The molecule has 7 heteroatoms. The fourth-order valence-corrected chi connectivity index (χ4v) is 4.85. The summed E-state index contributed by atoms with van der Waals surface area (Å²) in [7, 11) is 2.16. The lowest BCUT2D eigenvalue weighted by Crippen LogP contribution is -2.31. The molecule has 3 N–H and O–H groups in total. The van der Waals surface area contributed by atoms with Crippen molar-refractivity contribution in [3.05, 3.63) is 60.0 Å². The number of hydrogen-bond acceptors (Lipinski definition) is 6. The van der Waals surface area contributed by atoms with Gasteiger partial charge in [0.2, 0.25) is 0 Å². The predicted octanol–water partition coefficient (Wildman–Crippen LogP) is 4.03. The van der Waals surface area contributed by atoms with Crippen LogP contribution in [0, 0.1) is 11.8 Å². The van der Waals surface area contributed by atoms with Crippen molar-refractivity contribution in [2.24, 2.45) is 0 Å². The van der Waals surface area contributed by atoms with Crippen LogP contribution in [0.2, 0.25) is 0 Å². The predicted molar refractivity (Wildman–Crippen MR) is 137 cm³/mol. The van der Waals surface area contributed by atoms with E-state index in [0.717, 1.165) is 73.9 Å². The number of nitrogen functional groups attached to an aromatic ring is 1. The van der Waals surface area contributed by atoms with Crippen molar-refractivity contribution in [1.29, 1.82) is 0 Å². The van der Waals surface area contributed by atoms with Gasteiger partial charge in [-0.2, -0.15) is 5.10 Å². The fourth-order valence-electron chi connectivity index (χ4n) is 4.85. The van der Waals surface area contributed by atoms with Crippen LogP contribution in [0.5, 0.6) is 5.75 Å². The van der Waals surface area contributed by atoms with Crippen LogP contribution >= 0.6 is 0 Å². The van der Waals surface area contributed by atoms with Gasteiger partial charge < -0.3 is 20.5 Å².